The molecule has 2 N–H and O–H groups in total. The summed E-state index contributed by atoms with van der Waals surface area (Å²) in [5.74, 6) is 2.45. The van der Waals surface area contributed by atoms with Crippen LogP contribution in [0.4, 0.5) is 0 Å². The molecule has 2 aromatic rings. The van der Waals surface area contributed by atoms with Crippen LogP contribution in [0.15, 0.2) is 47.4 Å². The van der Waals surface area contributed by atoms with Gasteiger partial charge in [-0.05, 0) is 36.6 Å². The number of nitrogens with two attached hydrogens (primary N) is 1. The molecule has 0 fully saturated rings. The smallest absolute Gasteiger partial charge is 0.122 e. The Morgan fingerprint density at radius 3 is 2.90 bits per heavy atom. The quantitative estimate of drug-likeness (QED) is 0.933. The van der Waals surface area contributed by atoms with E-state index in [1.54, 1.807) is 7.11 Å². The summed E-state index contributed by atoms with van der Waals surface area (Å²) in [5, 5.41) is 0. The Bertz CT molecular complexity index is 641. The molecule has 0 aromatic heterocycles. The van der Waals surface area contributed by atoms with Gasteiger partial charge in [0.15, 0.2) is 0 Å². The van der Waals surface area contributed by atoms with Gasteiger partial charge in [0, 0.05) is 22.6 Å². The Hall–Kier alpha value is -1.45. The minimum absolute atomic E-state index is 0.122. The maximum absolute atomic E-state index is 6.53. The van der Waals surface area contributed by atoms with Crippen LogP contribution >= 0.6 is 11.8 Å². The minimum Gasteiger partial charge on any atom is -0.496 e. The molecule has 2 unspecified atom stereocenters. The summed E-state index contributed by atoms with van der Waals surface area (Å²) in [6.45, 7) is 2.11. The van der Waals surface area contributed by atoms with Crippen molar-refractivity contribution in [2.75, 3.05) is 12.9 Å². The molecule has 1 heterocycles. The zero-order valence-electron chi connectivity index (χ0n) is 12.5. The van der Waals surface area contributed by atoms with Crippen LogP contribution in [0, 0.1) is 6.92 Å². The Morgan fingerprint density at radius 1 is 1.29 bits per heavy atom. The van der Waals surface area contributed by atoms with Crippen molar-refractivity contribution < 1.29 is 4.74 Å². The molecule has 1 aliphatic heterocycles. The van der Waals surface area contributed by atoms with Gasteiger partial charge < -0.3 is 10.5 Å². The molecule has 3 rings (SSSR count). The molecule has 3 heteroatoms. The molecule has 0 saturated carbocycles. The molecule has 2 atom stereocenters. The zero-order valence-corrected chi connectivity index (χ0v) is 13.3. The number of benzene rings is 2. The third-order valence-electron chi connectivity index (χ3n) is 4.15. The van der Waals surface area contributed by atoms with Gasteiger partial charge in [-0.2, -0.15) is 0 Å². The highest BCUT2D eigenvalue weighted by Gasteiger charge is 2.28. The molecular formula is C18H21NOS. The van der Waals surface area contributed by atoms with Crippen molar-refractivity contribution in [1.29, 1.82) is 0 Å². The Balaban J connectivity index is 1.82. The van der Waals surface area contributed by atoms with Gasteiger partial charge in [-0.3, -0.25) is 0 Å². The third kappa shape index (κ3) is 2.94. The largest absolute Gasteiger partial charge is 0.496 e. The van der Waals surface area contributed by atoms with Gasteiger partial charge in [-0.1, -0.05) is 35.9 Å². The number of methoxy groups -OCH3 is 1. The van der Waals surface area contributed by atoms with Gasteiger partial charge in [0.2, 0.25) is 0 Å². The molecule has 0 aliphatic carbocycles. The van der Waals surface area contributed by atoms with Gasteiger partial charge in [0.1, 0.15) is 5.75 Å². The molecule has 0 saturated heterocycles. The average molecular weight is 299 g/mol. The first-order valence-corrected chi connectivity index (χ1v) is 8.28. The topological polar surface area (TPSA) is 35.2 Å². The number of ether oxygens (including phenoxy) is 1. The summed E-state index contributed by atoms with van der Waals surface area (Å²) in [4.78, 5) is 1.38. The lowest BCUT2D eigenvalue weighted by molar-refractivity contribution is 0.406. The summed E-state index contributed by atoms with van der Waals surface area (Å²) in [7, 11) is 1.72. The SMILES string of the molecule is COc1ccc(C)cc1CC(N)C1CSc2ccccc21. The van der Waals surface area contributed by atoms with Gasteiger partial charge >= 0.3 is 0 Å². The molecule has 0 bridgehead atoms. The van der Waals surface area contributed by atoms with Crippen LogP contribution in [0.3, 0.4) is 0 Å². The first-order valence-electron chi connectivity index (χ1n) is 7.30. The van der Waals surface area contributed by atoms with E-state index in [0.717, 1.165) is 17.9 Å². The third-order valence-corrected chi connectivity index (χ3v) is 5.35. The van der Waals surface area contributed by atoms with Crippen LogP contribution in [0.5, 0.6) is 5.75 Å². The second-order valence-electron chi connectivity index (χ2n) is 5.64. The number of hydrogen-bond donors (Lipinski definition) is 1. The van der Waals surface area contributed by atoms with Crippen molar-refractivity contribution in [2.24, 2.45) is 5.73 Å². The number of aryl methyl sites for hydroxylation is 1. The Morgan fingerprint density at radius 2 is 2.10 bits per heavy atom. The first-order chi connectivity index (χ1) is 10.2. The minimum atomic E-state index is 0.122. The highest BCUT2D eigenvalue weighted by molar-refractivity contribution is 7.99. The molecule has 0 radical (unpaired) electrons. The van der Waals surface area contributed by atoms with E-state index in [1.807, 2.05) is 17.8 Å². The molecule has 110 valence electrons. The van der Waals surface area contributed by atoms with Crippen LogP contribution < -0.4 is 10.5 Å². The van der Waals surface area contributed by atoms with E-state index in [-0.39, 0.29) is 6.04 Å². The normalized spacial score (nSPS) is 18.3. The van der Waals surface area contributed by atoms with Crippen LogP contribution in [-0.4, -0.2) is 18.9 Å². The molecule has 21 heavy (non-hydrogen) atoms. The van der Waals surface area contributed by atoms with Crippen LogP contribution in [0.25, 0.3) is 0 Å². The maximum Gasteiger partial charge on any atom is 0.122 e. The summed E-state index contributed by atoms with van der Waals surface area (Å²) in [6.07, 6.45) is 0.852. The van der Waals surface area contributed by atoms with Crippen molar-refractivity contribution in [3.8, 4) is 5.75 Å². The molecule has 0 spiro atoms. The number of rotatable bonds is 4. The average Bonchev–Trinajstić information content (AvgIpc) is 2.91. The van der Waals surface area contributed by atoms with Gasteiger partial charge in [-0.25, -0.2) is 0 Å². The number of fused-ring (bicyclic) bond motifs is 1. The van der Waals surface area contributed by atoms with Crippen LogP contribution in [-0.2, 0) is 6.42 Å². The summed E-state index contributed by atoms with van der Waals surface area (Å²) < 4.78 is 5.47. The van der Waals surface area contributed by atoms with Crippen molar-refractivity contribution >= 4 is 11.8 Å². The number of hydrogen-bond acceptors (Lipinski definition) is 3. The van der Waals surface area contributed by atoms with Crippen LogP contribution in [0.1, 0.15) is 22.6 Å². The van der Waals surface area contributed by atoms with E-state index in [1.165, 1.54) is 21.6 Å². The summed E-state index contributed by atoms with van der Waals surface area (Å²) in [5.41, 5.74) is 10.4. The number of thioether (sulfide) groups is 1. The van der Waals surface area contributed by atoms with E-state index in [2.05, 4.69) is 43.3 Å². The standard InChI is InChI=1S/C18H21NOS/c1-12-7-8-17(20-2)13(9-12)10-16(19)15-11-21-18-6-4-3-5-14(15)18/h3-9,15-16H,10-11,19H2,1-2H3. The van der Waals surface area contributed by atoms with Crippen LogP contribution in [0.2, 0.25) is 0 Å². The van der Waals surface area contributed by atoms with E-state index in [0.29, 0.717) is 5.92 Å². The highest BCUT2D eigenvalue weighted by atomic mass is 32.2. The zero-order chi connectivity index (χ0) is 14.8. The van der Waals surface area contributed by atoms with Gasteiger partial charge in [-0.15, -0.1) is 11.8 Å². The van der Waals surface area contributed by atoms with Crippen molar-refractivity contribution in [3.63, 3.8) is 0 Å². The lowest BCUT2D eigenvalue weighted by atomic mass is 9.89. The Kier molecular flexibility index (Phi) is 4.22. The van der Waals surface area contributed by atoms with E-state index >= 15 is 0 Å². The second-order valence-corrected chi connectivity index (χ2v) is 6.70. The molecular weight excluding hydrogens is 278 g/mol. The lowest BCUT2D eigenvalue weighted by Gasteiger charge is -2.21. The highest BCUT2D eigenvalue weighted by Crippen LogP contribution is 2.41. The monoisotopic (exact) mass is 299 g/mol. The fourth-order valence-electron chi connectivity index (χ4n) is 3.00. The molecule has 2 nitrogen and oxygen atoms in total. The first kappa shape index (κ1) is 14.5. The fraction of sp³-hybridized carbons (Fsp3) is 0.333. The summed E-state index contributed by atoms with van der Waals surface area (Å²) in [6, 6.07) is 15.0. The molecule has 1 aliphatic rings. The van der Waals surface area contributed by atoms with E-state index in [9.17, 15) is 0 Å². The van der Waals surface area contributed by atoms with E-state index in [4.69, 9.17) is 10.5 Å². The van der Waals surface area contributed by atoms with Crippen molar-refractivity contribution in [3.05, 3.63) is 59.2 Å². The predicted molar refractivity (Wildman–Crippen MR) is 89.3 cm³/mol. The molecule has 0 amide bonds. The van der Waals surface area contributed by atoms with Crippen molar-refractivity contribution in [1.82, 2.24) is 0 Å². The Labute approximate surface area is 130 Å². The van der Waals surface area contributed by atoms with Gasteiger partial charge in [0.25, 0.3) is 0 Å². The molecule has 2 aromatic carbocycles. The fourth-order valence-corrected chi connectivity index (χ4v) is 4.35. The van der Waals surface area contributed by atoms with E-state index < -0.39 is 0 Å². The predicted octanol–water partition coefficient (Wildman–Crippen LogP) is 3.76. The summed E-state index contributed by atoms with van der Waals surface area (Å²) >= 11 is 1.92. The van der Waals surface area contributed by atoms with Gasteiger partial charge in [0.05, 0.1) is 7.11 Å². The maximum atomic E-state index is 6.53. The lowest BCUT2D eigenvalue weighted by Crippen LogP contribution is -2.31. The second kappa shape index (κ2) is 6.12. The van der Waals surface area contributed by atoms with Crippen molar-refractivity contribution in [2.45, 2.75) is 30.2 Å².